The number of nitrogens with zero attached hydrogens (tertiary/aromatic N) is 1. The van der Waals surface area contributed by atoms with Crippen molar-refractivity contribution in [3.63, 3.8) is 0 Å². The van der Waals surface area contributed by atoms with Crippen LogP contribution in [0.5, 0.6) is 5.75 Å². The molecular formula is C32H38N4O4. The number of hydrogen-bond acceptors (Lipinski definition) is 5. The summed E-state index contributed by atoms with van der Waals surface area (Å²) in [6.07, 6.45) is 2.86. The number of rotatable bonds is 9. The Hall–Kier alpha value is -4.33. The smallest absolute Gasteiger partial charge is 0.413 e. The maximum absolute atomic E-state index is 13.1. The molecule has 0 heterocycles. The highest BCUT2D eigenvalue weighted by Crippen LogP contribution is 2.39. The van der Waals surface area contributed by atoms with Crippen LogP contribution in [-0.4, -0.2) is 44.3 Å². The number of alkyl carbamates (subject to hydrolysis) is 1. The number of nitrogens with one attached hydrogen (secondary N) is 3. The van der Waals surface area contributed by atoms with E-state index in [4.69, 9.17) is 9.47 Å². The van der Waals surface area contributed by atoms with Crippen molar-refractivity contribution in [3.05, 3.63) is 102 Å². The molecule has 2 amide bonds. The van der Waals surface area contributed by atoms with Gasteiger partial charge in [-0.3, -0.25) is 10.1 Å². The molecule has 0 radical (unpaired) electrons. The minimum absolute atomic E-state index is 0.109. The van der Waals surface area contributed by atoms with Crippen LogP contribution in [0.1, 0.15) is 54.1 Å². The van der Waals surface area contributed by atoms with Crippen molar-refractivity contribution in [2.45, 2.75) is 50.6 Å². The van der Waals surface area contributed by atoms with E-state index in [-0.39, 0.29) is 24.0 Å². The van der Waals surface area contributed by atoms with Gasteiger partial charge in [0.05, 0.1) is 25.8 Å². The average molecular weight is 543 g/mol. The number of amides is 2. The molecule has 8 nitrogen and oxygen atoms in total. The maximum Gasteiger partial charge on any atom is 0.413 e. The molecule has 0 unspecified atom stereocenters. The SMILES string of the molecule is CCOC(=O)NC(=NCc1ccccc1)NC1CCC(CNC(=O)c2ccccc2OC)(c2ccccc2)CC1. The molecular weight excluding hydrogens is 504 g/mol. The van der Waals surface area contributed by atoms with Gasteiger partial charge in [-0.15, -0.1) is 0 Å². The number of para-hydroxylation sites is 1. The first-order valence-electron chi connectivity index (χ1n) is 13.8. The van der Waals surface area contributed by atoms with Gasteiger partial charge in [0.1, 0.15) is 5.75 Å². The fourth-order valence-electron chi connectivity index (χ4n) is 5.18. The molecule has 0 bridgehead atoms. The molecule has 0 spiro atoms. The van der Waals surface area contributed by atoms with E-state index in [1.807, 2.05) is 60.7 Å². The fourth-order valence-corrected chi connectivity index (χ4v) is 5.18. The van der Waals surface area contributed by atoms with Crippen LogP contribution in [0, 0.1) is 0 Å². The summed E-state index contributed by atoms with van der Waals surface area (Å²) < 4.78 is 10.5. The van der Waals surface area contributed by atoms with Crippen LogP contribution in [0.4, 0.5) is 4.79 Å². The summed E-state index contributed by atoms with van der Waals surface area (Å²) in [6.45, 7) is 2.99. The number of hydrogen-bond donors (Lipinski definition) is 3. The molecule has 1 aliphatic rings. The Morgan fingerprint density at radius 1 is 0.925 bits per heavy atom. The number of methoxy groups -OCH3 is 1. The van der Waals surface area contributed by atoms with Gasteiger partial charge in [-0.2, -0.15) is 0 Å². The van der Waals surface area contributed by atoms with Gasteiger partial charge in [-0.05, 0) is 55.9 Å². The lowest BCUT2D eigenvalue weighted by Crippen LogP contribution is -2.50. The normalized spacial score (nSPS) is 18.9. The standard InChI is InChI=1S/C32H38N4O4/c1-3-40-31(38)36-30(33-22-24-12-6-4-7-13-24)35-26-18-20-32(21-19-26,25-14-8-5-9-15-25)23-34-29(37)27-16-10-11-17-28(27)39-2/h4-17,26H,3,18-23H2,1-2H3,(H,34,37)(H2,33,35,36,38). The van der Waals surface area contributed by atoms with Crippen LogP contribution in [-0.2, 0) is 16.7 Å². The van der Waals surface area contributed by atoms with E-state index in [1.54, 1.807) is 26.2 Å². The molecule has 1 saturated carbocycles. The van der Waals surface area contributed by atoms with Crippen molar-refractivity contribution in [3.8, 4) is 5.75 Å². The highest BCUT2D eigenvalue weighted by Gasteiger charge is 2.37. The molecule has 3 aromatic carbocycles. The predicted molar refractivity (Wildman–Crippen MR) is 157 cm³/mol. The highest BCUT2D eigenvalue weighted by atomic mass is 16.5. The summed E-state index contributed by atoms with van der Waals surface area (Å²) in [5, 5.41) is 9.39. The van der Waals surface area contributed by atoms with E-state index in [9.17, 15) is 9.59 Å². The lowest BCUT2D eigenvalue weighted by molar-refractivity contribution is 0.0932. The van der Waals surface area contributed by atoms with Gasteiger partial charge in [0.25, 0.3) is 5.91 Å². The Bertz CT molecular complexity index is 1270. The summed E-state index contributed by atoms with van der Waals surface area (Å²) in [7, 11) is 1.57. The van der Waals surface area contributed by atoms with Gasteiger partial charge >= 0.3 is 6.09 Å². The summed E-state index contributed by atoms with van der Waals surface area (Å²) in [4.78, 5) is 30.0. The fraction of sp³-hybridized carbons (Fsp3) is 0.344. The van der Waals surface area contributed by atoms with Crippen LogP contribution in [0.15, 0.2) is 89.9 Å². The summed E-state index contributed by atoms with van der Waals surface area (Å²) in [5.74, 6) is 0.809. The number of guanidine groups is 1. The van der Waals surface area contributed by atoms with Crippen LogP contribution in [0.25, 0.3) is 0 Å². The Morgan fingerprint density at radius 3 is 2.25 bits per heavy atom. The second-order valence-electron chi connectivity index (χ2n) is 9.94. The minimum atomic E-state index is -0.532. The van der Waals surface area contributed by atoms with Gasteiger partial charge in [0, 0.05) is 18.0 Å². The first-order chi connectivity index (χ1) is 19.5. The molecule has 0 saturated heterocycles. The quantitative estimate of drug-likeness (QED) is 0.255. The number of carbonyl (C=O) groups is 2. The number of aliphatic imine (C=N–C) groups is 1. The Balaban J connectivity index is 1.45. The second kappa shape index (κ2) is 14.2. The molecule has 0 aromatic heterocycles. The zero-order valence-electron chi connectivity index (χ0n) is 23.2. The van der Waals surface area contributed by atoms with Crippen molar-refractivity contribution in [1.82, 2.24) is 16.0 Å². The molecule has 0 aliphatic heterocycles. The molecule has 4 rings (SSSR count). The molecule has 8 heteroatoms. The summed E-state index contributed by atoms with van der Waals surface area (Å²) >= 11 is 0. The largest absolute Gasteiger partial charge is 0.496 e. The van der Waals surface area contributed by atoms with Crippen LogP contribution in [0.3, 0.4) is 0 Å². The number of benzene rings is 3. The third kappa shape index (κ3) is 7.62. The third-order valence-electron chi connectivity index (χ3n) is 7.37. The van der Waals surface area contributed by atoms with Gasteiger partial charge in [-0.1, -0.05) is 72.8 Å². The first-order valence-corrected chi connectivity index (χ1v) is 13.8. The van der Waals surface area contributed by atoms with Gasteiger partial charge in [0.2, 0.25) is 5.96 Å². The zero-order chi connectivity index (χ0) is 28.2. The van der Waals surface area contributed by atoms with Crippen molar-refractivity contribution in [2.24, 2.45) is 4.99 Å². The monoisotopic (exact) mass is 542 g/mol. The number of carbonyl (C=O) groups excluding carboxylic acids is 2. The molecule has 3 aromatic rings. The van der Waals surface area contributed by atoms with Gasteiger partial charge in [0.15, 0.2) is 0 Å². The first kappa shape index (κ1) is 28.7. The van der Waals surface area contributed by atoms with E-state index in [0.29, 0.717) is 30.4 Å². The molecule has 3 N–H and O–H groups in total. The van der Waals surface area contributed by atoms with Crippen molar-refractivity contribution >= 4 is 18.0 Å². The third-order valence-corrected chi connectivity index (χ3v) is 7.37. The zero-order valence-corrected chi connectivity index (χ0v) is 23.2. The van der Waals surface area contributed by atoms with E-state index in [1.165, 1.54) is 5.56 Å². The van der Waals surface area contributed by atoms with E-state index in [0.717, 1.165) is 31.2 Å². The van der Waals surface area contributed by atoms with Crippen molar-refractivity contribution in [1.29, 1.82) is 0 Å². The van der Waals surface area contributed by atoms with E-state index in [2.05, 4.69) is 33.1 Å². The van der Waals surface area contributed by atoms with Crippen molar-refractivity contribution < 1.29 is 19.1 Å². The lowest BCUT2D eigenvalue weighted by Gasteiger charge is -2.41. The van der Waals surface area contributed by atoms with Crippen LogP contribution in [0.2, 0.25) is 0 Å². The maximum atomic E-state index is 13.1. The number of ether oxygens (including phenoxy) is 2. The van der Waals surface area contributed by atoms with Gasteiger partial charge < -0.3 is 20.1 Å². The van der Waals surface area contributed by atoms with Crippen LogP contribution < -0.4 is 20.7 Å². The summed E-state index contributed by atoms with van der Waals surface area (Å²) in [6, 6.07) is 27.6. The summed E-state index contributed by atoms with van der Waals surface area (Å²) in [5.41, 5.74) is 2.56. The molecule has 210 valence electrons. The Morgan fingerprint density at radius 2 is 1.57 bits per heavy atom. The Labute approximate surface area is 236 Å². The molecule has 40 heavy (non-hydrogen) atoms. The molecule has 1 aliphatic carbocycles. The van der Waals surface area contributed by atoms with E-state index < -0.39 is 6.09 Å². The Kier molecular flexibility index (Phi) is 10.2. The average Bonchev–Trinajstić information content (AvgIpc) is 3.00. The van der Waals surface area contributed by atoms with Crippen molar-refractivity contribution in [2.75, 3.05) is 20.3 Å². The molecule has 0 atom stereocenters. The lowest BCUT2D eigenvalue weighted by atomic mass is 9.68. The van der Waals surface area contributed by atoms with E-state index >= 15 is 0 Å². The minimum Gasteiger partial charge on any atom is -0.496 e. The van der Waals surface area contributed by atoms with Gasteiger partial charge in [-0.25, -0.2) is 9.79 Å². The van der Waals surface area contributed by atoms with Crippen LogP contribution >= 0.6 is 0 Å². The highest BCUT2D eigenvalue weighted by molar-refractivity contribution is 5.97. The topological polar surface area (TPSA) is 101 Å². The predicted octanol–water partition coefficient (Wildman–Crippen LogP) is 5.20. The second-order valence-corrected chi connectivity index (χ2v) is 9.94. The molecule has 1 fully saturated rings.